The van der Waals surface area contributed by atoms with Crippen molar-refractivity contribution < 1.29 is 23.8 Å². The fraction of sp³-hybridized carbons (Fsp3) is 0.320. The van der Waals surface area contributed by atoms with E-state index in [4.69, 9.17) is 25.8 Å². The molecule has 0 aliphatic carbocycles. The summed E-state index contributed by atoms with van der Waals surface area (Å²) < 4.78 is 17.6. The Labute approximate surface area is 203 Å². The van der Waals surface area contributed by atoms with Crippen LogP contribution in [0.3, 0.4) is 0 Å². The van der Waals surface area contributed by atoms with E-state index in [1.54, 1.807) is 57.0 Å². The van der Waals surface area contributed by atoms with Crippen molar-refractivity contribution in [2.24, 2.45) is 0 Å². The van der Waals surface area contributed by atoms with E-state index in [1.165, 1.54) is 0 Å². The number of benzene rings is 2. The van der Waals surface area contributed by atoms with Gasteiger partial charge in [-0.1, -0.05) is 29.8 Å². The fourth-order valence-electron chi connectivity index (χ4n) is 3.68. The summed E-state index contributed by atoms with van der Waals surface area (Å²) in [6.07, 6.45) is 0. The van der Waals surface area contributed by atoms with Crippen LogP contribution >= 0.6 is 11.6 Å². The zero-order chi connectivity index (χ0) is 24.8. The van der Waals surface area contributed by atoms with Crippen LogP contribution in [0.15, 0.2) is 42.5 Å². The Kier molecular flexibility index (Phi) is 8.17. The monoisotopic (exact) mass is 485 g/mol. The maximum atomic E-state index is 12.7. The SMILES string of the molecule is COc1ccc(OC)c(C(C)NC(=O)COC(=O)c2c(C)nn(Cc3ccccc3Cl)c2C)c1. The van der Waals surface area contributed by atoms with Crippen molar-refractivity contribution in [2.75, 3.05) is 20.8 Å². The standard InChI is InChI=1S/C25H28ClN3O5/c1-15(20-12-19(32-4)10-11-22(20)33-5)27-23(30)14-34-25(31)24-16(2)28-29(17(24)3)13-18-8-6-7-9-21(18)26/h6-12,15H,13-14H2,1-5H3,(H,27,30). The molecule has 34 heavy (non-hydrogen) atoms. The van der Waals surface area contributed by atoms with Crippen LogP contribution in [-0.4, -0.2) is 42.5 Å². The number of halogens is 1. The van der Waals surface area contributed by atoms with Crippen LogP contribution in [0.5, 0.6) is 11.5 Å². The summed E-state index contributed by atoms with van der Waals surface area (Å²) in [5.41, 5.74) is 3.12. The van der Waals surface area contributed by atoms with Gasteiger partial charge in [0.2, 0.25) is 0 Å². The van der Waals surface area contributed by atoms with Gasteiger partial charge in [-0.2, -0.15) is 5.10 Å². The second-order valence-corrected chi connectivity index (χ2v) is 8.18. The molecule has 0 saturated heterocycles. The van der Waals surface area contributed by atoms with E-state index in [0.29, 0.717) is 40.0 Å². The van der Waals surface area contributed by atoms with Gasteiger partial charge in [0.05, 0.1) is 38.2 Å². The highest BCUT2D eigenvalue weighted by Crippen LogP contribution is 2.29. The van der Waals surface area contributed by atoms with Crippen LogP contribution in [0.4, 0.5) is 0 Å². The lowest BCUT2D eigenvalue weighted by Gasteiger charge is -2.18. The number of nitrogens with zero attached hydrogens (tertiary/aromatic N) is 2. The molecule has 1 amide bonds. The summed E-state index contributed by atoms with van der Waals surface area (Å²) >= 11 is 6.25. The topological polar surface area (TPSA) is 91.7 Å². The third-order valence-corrected chi connectivity index (χ3v) is 5.85. The maximum absolute atomic E-state index is 12.7. The van der Waals surface area contributed by atoms with Gasteiger partial charge in [-0.25, -0.2) is 4.79 Å². The van der Waals surface area contributed by atoms with E-state index in [-0.39, 0.29) is 0 Å². The number of esters is 1. The largest absolute Gasteiger partial charge is 0.497 e. The quantitative estimate of drug-likeness (QED) is 0.455. The zero-order valence-corrected chi connectivity index (χ0v) is 20.6. The molecule has 9 heteroatoms. The number of aryl methyl sites for hydroxylation is 1. The average Bonchev–Trinajstić information content (AvgIpc) is 3.11. The highest BCUT2D eigenvalue weighted by atomic mass is 35.5. The van der Waals surface area contributed by atoms with Crippen molar-refractivity contribution >= 4 is 23.5 Å². The summed E-state index contributed by atoms with van der Waals surface area (Å²) in [6, 6.07) is 12.4. The molecule has 0 fully saturated rings. The lowest BCUT2D eigenvalue weighted by molar-refractivity contribution is -0.124. The first-order chi connectivity index (χ1) is 16.2. The number of methoxy groups -OCH3 is 2. The normalized spacial score (nSPS) is 11.6. The number of carbonyl (C=O) groups is 2. The van der Waals surface area contributed by atoms with E-state index in [0.717, 1.165) is 11.1 Å². The molecule has 180 valence electrons. The summed E-state index contributed by atoms with van der Waals surface area (Å²) in [5, 5.41) is 7.89. The molecule has 0 aliphatic rings. The number of ether oxygens (including phenoxy) is 3. The van der Waals surface area contributed by atoms with Crippen LogP contribution in [0.25, 0.3) is 0 Å². The van der Waals surface area contributed by atoms with Gasteiger partial charge in [0.25, 0.3) is 5.91 Å². The van der Waals surface area contributed by atoms with Crippen LogP contribution in [0.2, 0.25) is 5.02 Å². The molecule has 2 aromatic carbocycles. The number of hydrogen-bond acceptors (Lipinski definition) is 6. The molecule has 0 saturated carbocycles. The fourth-order valence-corrected chi connectivity index (χ4v) is 3.87. The summed E-state index contributed by atoms with van der Waals surface area (Å²) in [6.45, 7) is 5.31. The molecule has 1 heterocycles. The Bertz CT molecular complexity index is 1190. The predicted molar refractivity (Wildman–Crippen MR) is 129 cm³/mol. The van der Waals surface area contributed by atoms with E-state index in [1.807, 2.05) is 25.1 Å². The van der Waals surface area contributed by atoms with Gasteiger partial charge in [0.15, 0.2) is 6.61 Å². The minimum absolute atomic E-state index is 0.336. The van der Waals surface area contributed by atoms with Crippen molar-refractivity contribution in [1.82, 2.24) is 15.1 Å². The van der Waals surface area contributed by atoms with Crippen molar-refractivity contribution in [3.8, 4) is 11.5 Å². The van der Waals surface area contributed by atoms with Gasteiger partial charge in [-0.05, 0) is 50.6 Å². The first kappa shape index (κ1) is 25.1. The summed E-state index contributed by atoms with van der Waals surface area (Å²) in [4.78, 5) is 25.2. The number of aromatic nitrogens is 2. The minimum Gasteiger partial charge on any atom is -0.497 e. The van der Waals surface area contributed by atoms with Gasteiger partial charge in [-0.3, -0.25) is 9.48 Å². The van der Waals surface area contributed by atoms with Crippen LogP contribution in [-0.2, 0) is 16.1 Å². The summed E-state index contributed by atoms with van der Waals surface area (Å²) in [7, 11) is 3.12. The third-order valence-electron chi connectivity index (χ3n) is 5.48. The van der Waals surface area contributed by atoms with E-state index in [9.17, 15) is 9.59 Å². The molecule has 3 aromatic rings. The highest BCUT2D eigenvalue weighted by Gasteiger charge is 2.22. The lowest BCUT2D eigenvalue weighted by Crippen LogP contribution is -2.31. The lowest BCUT2D eigenvalue weighted by atomic mass is 10.1. The molecule has 0 radical (unpaired) electrons. The van der Waals surface area contributed by atoms with Crippen LogP contribution in [0, 0.1) is 13.8 Å². The van der Waals surface area contributed by atoms with Gasteiger partial charge >= 0.3 is 5.97 Å². The predicted octanol–water partition coefficient (Wildman–Crippen LogP) is 4.25. The minimum atomic E-state index is -0.609. The second kappa shape index (κ2) is 11.1. The van der Waals surface area contributed by atoms with Gasteiger partial charge in [-0.15, -0.1) is 0 Å². The molecule has 0 aliphatic heterocycles. The average molecular weight is 486 g/mol. The Morgan fingerprint density at radius 3 is 2.53 bits per heavy atom. The van der Waals surface area contributed by atoms with Crippen LogP contribution < -0.4 is 14.8 Å². The first-order valence-electron chi connectivity index (χ1n) is 10.7. The van der Waals surface area contributed by atoms with Gasteiger partial charge < -0.3 is 19.5 Å². The Morgan fingerprint density at radius 1 is 1.12 bits per heavy atom. The Morgan fingerprint density at radius 2 is 1.85 bits per heavy atom. The number of hydrogen-bond donors (Lipinski definition) is 1. The zero-order valence-electron chi connectivity index (χ0n) is 19.8. The second-order valence-electron chi connectivity index (χ2n) is 7.77. The summed E-state index contributed by atoms with van der Waals surface area (Å²) in [5.74, 6) is 0.206. The molecule has 8 nitrogen and oxygen atoms in total. The third kappa shape index (κ3) is 5.69. The number of nitrogens with one attached hydrogen (secondary N) is 1. The maximum Gasteiger partial charge on any atom is 0.342 e. The van der Waals surface area contributed by atoms with Gasteiger partial charge in [0.1, 0.15) is 17.1 Å². The molecule has 1 aromatic heterocycles. The Balaban J connectivity index is 1.64. The van der Waals surface area contributed by atoms with E-state index in [2.05, 4.69) is 10.4 Å². The molecule has 0 bridgehead atoms. The van der Waals surface area contributed by atoms with Crippen molar-refractivity contribution in [3.05, 3.63) is 75.6 Å². The number of amides is 1. The number of carbonyl (C=O) groups excluding carboxylic acids is 2. The van der Waals surface area contributed by atoms with Crippen molar-refractivity contribution in [2.45, 2.75) is 33.4 Å². The van der Waals surface area contributed by atoms with Gasteiger partial charge in [0, 0.05) is 10.6 Å². The Hall–Kier alpha value is -3.52. The number of rotatable bonds is 9. The first-order valence-corrected chi connectivity index (χ1v) is 11.1. The highest BCUT2D eigenvalue weighted by molar-refractivity contribution is 6.31. The van der Waals surface area contributed by atoms with Crippen molar-refractivity contribution in [1.29, 1.82) is 0 Å². The molecular formula is C25H28ClN3O5. The molecular weight excluding hydrogens is 458 g/mol. The van der Waals surface area contributed by atoms with Crippen molar-refractivity contribution in [3.63, 3.8) is 0 Å². The molecule has 0 spiro atoms. The smallest absolute Gasteiger partial charge is 0.342 e. The molecule has 3 rings (SSSR count). The molecule has 1 atom stereocenters. The molecule has 1 N–H and O–H groups in total. The van der Waals surface area contributed by atoms with Crippen LogP contribution in [0.1, 0.15) is 45.8 Å². The molecule has 1 unspecified atom stereocenters. The van der Waals surface area contributed by atoms with E-state index >= 15 is 0 Å². The van der Waals surface area contributed by atoms with E-state index < -0.39 is 24.5 Å².